The number of rotatable bonds is 4. The number of aryl methyl sites for hydroxylation is 1. The summed E-state index contributed by atoms with van der Waals surface area (Å²) in [6, 6.07) is 8.58. The Labute approximate surface area is 131 Å². The van der Waals surface area contributed by atoms with Crippen molar-refractivity contribution in [1.29, 1.82) is 0 Å². The molecule has 1 aromatic carbocycles. The number of nitrogens with zero attached hydrogens (tertiary/aromatic N) is 1. The van der Waals surface area contributed by atoms with Gasteiger partial charge in [-0.1, -0.05) is 0 Å². The predicted molar refractivity (Wildman–Crippen MR) is 84.2 cm³/mol. The van der Waals surface area contributed by atoms with E-state index in [4.69, 9.17) is 9.47 Å². The molecular formula is C15H15BrN2O3. The number of carbonyl (C=O) groups excluding carboxylic acids is 1. The van der Waals surface area contributed by atoms with E-state index in [1.54, 1.807) is 44.6 Å². The molecule has 0 saturated carbocycles. The molecule has 1 N–H and O–H groups in total. The number of aromatic nitrogens is 1. The lowest BCUT2D eigenvalue weighted by atomic mass is 10.1. The molecule has 1 aromatic heterocycles. The number of ether oxygens (including phenoxy) is 2. The quantitative estimate of drug-likeness (QED) is 0.858. The molecule has 21 heavy (non-hydrogen) atoms. The SMILES string of the molecule is COc1cc(OC)cc(C(=O)Nc2ccc(Br)nc2C)c1. The van der Waals surface area contributed by atoms with Crippen molar-refractivity contribution in [1.82, 2.24) is 4.98 Å². The monoisotopic (exact) mass is 350 g/mol. The molecule has 1 heterocycles. The summed E-state index contributed by atoms with van der Waals surface area (Å²) < 4.78 is 11.0. The Morgan fingerprint density at radius 2 is 1.76 bits per heavy atom. The van der Waals surface area contributed by atoms with E-state index in [1.807, 2.05) is 6.92 Å². The summed E-state index contributed by atoms with van der Waals surface area (Å²) in [7, 11) is 3.08. The number of hydrogen-bond acceptors (Lipinski definition) is 4. The highest BCUT2D eigenvalue weighted by molar-refractivity contribution is 9.10. The molecular weight excluding hydrogens is 336 g/mol. The second-order valence-electron chi connectivity index (χ2n) is 4.32. The fourth-order valence-electron chi connectivity index (χ4n) is 1.80. The standard InChI is InChI=1S/C15H15BrN2O3/c1-9-13(4-5-14(16)17-9)18-15(19)10-6-11(20-2)8-12(7-10)21-3/h4-8H,1-3H3,(H,18,19). The van der Waals surface area contributed by atoms with Crippen molar-refractivity contribution in [3.63, 3.8) is 0 Å². The Balaban J connectivity index is 2.27. The molecule has 0 bridgehead atoms. The average Bonchev–Trinajstić information content (AvgIpc) is 2.49. The lowest BCUT2D eigenvalue weighted by molar-refractivity contribution is 0.102. The molecule has 0 aliphatic carbocycles. The van der Waals surface area contributed by atoms with Crippen molar-refractivity contribution in [2.24, 2.45) is 0 Å². The Kier molecular flexibility index (Phi) is 4.80. The van der Waals surface area contributed by atoms with Gasteiger partial charge in [0.25, 0.3) is 5.91 Å². The van der Waals surface area contributed by atoms with Gasteiger partial charge in [0.05, 0.1) is 25.6 Å². The highest BCUT2D eigenvalue weighted by Gasteiger charge is 2.11. The van der Waals surface area contributed by atoms with Gasteiger partial charge in [-0.25, -0.2) is 4.98 Å². The van der Waals surface area contributed by atoms with Crippen LogP contribution in [0.5, 0.6) is 11.5 Å². The van der Waals surface area contributed by atoms with E-state index in [9.17, 15) is 4.79 Å². The Morgan fingerprint density at radius 3 is 2.29 bits per heavy atom. The molecule has 0 fully saturated rings. The third kappa shape index (κ3) is 3.72. The maximum Gasteiger partial charge on any atom is 0.255 e. The number of benzene rings is 1. The number of nitrogens with one attached hydrogen (secondary N) is 1. The molecule has 2 rings (SSSR count). The molecule has 5 nitrogen and oxygen atoms in total. The fourth-order valence-corrected chi connectivity index (χ4v) is 2.19. The van der Waals surface area contributed by atoms with E-state index in [-0.39, 0.29) is 5.91 Å². The summed E-state index contributed by atoms with van der Waals surface area (Å²) in [6.07, 6.45) is 0. The third-order valence-corrected chi connectivity index (χ3v) is 3.36. The first-order valence-corrected chi connectivity index (χ1v) is 7.00. The lowest BCUT2D eigenvalue weighted by Crippen LogP contribution is -2.13. The molecule has 0 aliphatic rings. The van der Waals surface area contributed by atoms with Crippen LogP contribution in [-0.4, -0.2) is 25.1 Å². The summed E-state index contributed by atoms with van der Waals surface area (Å²) >= 11 is 3.29. The van der Waals surface area contributed by atoms with Crippen molar-refractivity contribution < 1.29 is 14.3 Å². The van der Waals surface area contributed by atoms with Gasteiger partial charge in [-0.3, -0.25) is 4.79 Å². The highest BCUT2D eigenvalue weighted by Crippen LogP contribution is 2.24. The Bertz CT molecular complexity index is 652. The van der Waals surface area contributed by atoms with Crippen LogP contribution in [0.1, 0.15) is 16.1 Å². The molecule has 0 radical (unpaired) electrons. The zero-order valence-corrected chi connectivity index (χ0v) is 13.5. The van der Waals surface area contributed by atoms with E-state index in [1.165, 1.54) is 0 Å². The number of amides is 1. The second kappa shape index (κ2) is 6.58. The van der Waals surface area contributed by atoms with Crippen molar-refractivity contribution in [3.8, 4) is 11.5 Å². The number of anilines is 1. The maximum atomic E-state index is 12.3. The average molecular weight is 351 g/mol. The summed E-state index contributed by atoms with van der Waals surface area (Å²) in [4.78, 5) is 16.6. The minimum atomic E-state index is -0.251. The summed E-state index contributed by atoms with van der Waals surface area (Å²) in [5.41, 5.74) is 1.84. The van der Waals surface area contributed by atoms with E-state index in [0.29, 0.717) is 22.7 Å². The lowest BCUT2D eigenvalue weighted by Gasteiger charge is -2.10. The van der Waals surface area contributed by atoms with Gasteiger partial charge in [0.1, 0.15) is 16.1 Å². The molecule has 6 heteroatoms. The van der Waals surface area contributed by atoms with Gasteiger partial charge in [-0.2, -0.15) is 0 Å². The molecule has 0 aliphatic heterocycles. The van der Waals surface area contributed by atoms with Gasteiger partial charge in [-0.05, 0) is 47.1 Å². The molecule has 0 unspecified atom stereocenters. The van der Waals surface area contributed by atoms with Crippen LogP contribution in [0.2, 0.25) is 0 Å². The van der Waals surface area contributed by atoms with Crippen LogP contribution in [0.25, 0.3) is 0 Å². The van der Waals surface area contributed by atoms with Crippen LogP contribution in [0, 0.1) is 6.92 Å². The van der Waals surface area contributed by atoms with Gasteiger partial charge < -0.3 is 14.8 Å². The molecule has 110 valence electrons. The van der Waals surface area contributed by atoms with Gasteiger partial charge in [0, 0.05) is 11.6 Å². The first kappa shape index (κ1) is 15.3. The molecule has 0 saturated heterocycles. The van der Waals surface area contributed by atoms with Gasteiger partial charge in [0.15, 0.2) is 0 Å². The Morgan fingerprint density at radius 1 is 1.14 bits per heavy atom. The number of carbonyl (C=O) groups is 1. The van der Waals surface area contributed by atoms with Gasteiger partial charge in [-0.15, -0.1) is 0 Å². The second-order valence-corrected chi connectivity index (χ2v) is 5.13. The first-order valence-electron chi connectivity index (χ1n) is 6.21. The number of halogens is 1. The molecule has 1 amide bonds. The van der Waals surface area contributed by atoms with E-state index < -0.39 is 0 Å². The van der Waals surface area contributed by atoms with E-state index >= 15 is 0 Å². The van der Waals surface area contributed by atoms with Crippen LogP contribution < -0.4 is 14.8 Å². The molecule has 0 atom stereocenters. The number of pyridine rings is 1. The zero-order chi connectivity index (χ0) is 15.4. The normalized spacial score (nSPS) is 10.1. The van der Waals surface area contributed by atoms with Gasteiger partial charge >= 0.3 is 0 Å². The van der Waals surface area contributed by atoms with Gasteiger partial charge in [0.2, 0.25) is 0 Å². The van der Waals surface area contributed by atoms with Crippen molar-refractivity contribution >= 4 is 27.5 Å². The topological polar surface area (TPSA) is 60.5 Å². The third-order valence-electron chi connectivity index (χ3n) is 2.91. The van der Waals surface area contributed by atoms with E-state index in [2.05, 4.69) is 26.2 Å². The molecule has 2 aromatic rings. The number of hydrogen-bond donors (Lipinski definition) is 1. The highest BCUT2D eigenvalue weighted by atomic mass is 79.9. The Hall–Kier alpha value is -2.08. The minimum absolute atomic E-state index is 0.251. The smallest absolute Gasteiger partial charge is 0.255 e. The first-order chi connectivity index (χ1) is 10.0. The fraction of sp³-hybridized carbons (Fsp3) is 0.200. The summed E-state index contributed by atoms with van der Waals surface area (Å²) in [5.74, 6) is 0.870. The van der Waals surface area contributed by atoms with Crippen LogP contribution in [0.3, 0.4) is 0 Å². The van der Waals surface area contributed by atoms with Crippen molar-refractivity contribution in [3.05, 3.63) is 46.2 Å². The maximum absolute atomic E-state index is 12.3. The van der Waals surface area contributed by atoms with Crippen molar-refractivity contribution in [2.75, 3.05) is 19.5 Å². The minimum Gasteiger partial charge on any atom is -0.497 e. The van der Waals surface area contributed by atoms with Crippen LogP contribution in [0.15, 0.2) is 34.9 Å². The molecule has 0 spiro atoms. The van der Waals surface area contributed by atoms with Crippen LogP contribution >= 0.6 is 15.9 Å². The van der Waals surface area contributed by atoms with E-state index in [0.717, 1.165) is 10.3 Å². The number of methoxy groups -OCH3 is 2. The van der Waals surface area contributed by atoms with Crippen molar-refractivity contribution in [2.45, 2.75) is 6.92 Å². The predicted octanol–water partition coefficient (Wildman–Crippen LogP) is 3.42. The van der Waals surface area contributed by atoms with Crippen LogP contribution in [0.4, 0.5) is 5.69 Å². The largest absolute Gasteiger partial charge is 0.497 e. The van der Waals surface area contributed by atoms with Crippen LogP contribution in [-0.2, 0) is 0 Å². The summed E-state index contributed by atoms with van der Waals surface area (Å²) in [6.45, 7) is 1.83. The summed E-state index contributed by atoms with van der Waals surface area (Å²) in [5, 5.41) is 2.82. The zero-order valence-electron chi connectivity index (χ0n) is 11.9.